The number of carbonyl (C=O) groups excluding carboxylic acids is 3. The molecule has 3 aliphatic carbocycles. The highest BCUT2D eigenvalue weighted by molar-refractivity contribution is 6.06. The molecule has 0 aromatic heterocycles. The first-order valence-corrected chi connectivity index (χ1v) is 9.26. The summed E-state index contributed by atoms with van der Waals surface area (Å²) in [6.45, 7) is 1.66. The second-order valence-electron chi connectivity index (χ2n) is 7.39. The Hall–Kier alpha value is -2.83. The van der Waals surface area contributed by atoms with Gasteiger partial charge in [0.25, 0.3) is 0 Å². The van der Waals surface area contributed by atoms with E-state index in [-0.39, 0.29) is 35.5 Å². The van der Waals surface area contributed by atoms with Crippen molar-refractivity contribution in [2.75, 3.05) is 12.4 Å². The van der Waals surface area contributed by atoms with E-state index < -0.39 is 12.2 Å². The normalized spacial score (nSPS) is 29.5. The van der Waals surface area contributed by atoms with Gasteiger partial charge < -0.3 is 15.4 Å². The predicted molar refractivity (Wildman–Crippen MR) is 98.8 cm³/mol. The van der Waals surface area contributed by atoms with Crippen LogP contribution in [-0.4, -0.2) is 36.0 Å². The summed E-state index contributed by atoms with van der Waals surface area (Å²) < 4.78 is 5.08. The lowest BCUT2D eigenvalue weighted by Crippen LogP contribution is -2.50. The number of hydrogen-bond donors (Lipinski definition) is 2. The number of benzene rings is 1. The van der Waals surface area contributed by atoms with E-state index in [4.69, 9.17) is 4.74 Å². The lowest BCUT2D eigenvalue weighted by Gasteiger charge is -2.38. The number of nitrogens with one attached hydrogen (secondary N) is 2. The number of imide groups is 1. The van der Waals surface area contributed by atoms with Crippen molar-refractivity contribution in [3.8, 4) is 5.75 Å². The van der Waals surface area contributed by atoms with Gasteiger partial charge >= 0.3 is 6.03 Å². The molecule has 0 unspecified atom stereocenters. The summed E-state index contributed by atoms with van der Waals surface area (Å²) in [6, 6.07) is 6.43. The van der Waals surface area contributed by atoms with E-state index in [9.17, 15) is 14.4 Å². The van der Waals surface area contributed by atoms with Crippen LogP contribution in [0.2, 0.25) is 0 Å². The number of carbonyl (C=O) groups is 3. The average molecular weight is 369 g/mol. The summed E-state index contributed by atoms with van der Waals surface area (Å²) in [5, 5.41) is 5.40. The Bertz CT molecular complexity index is 772. The van der Waals surface area contributed by atoms with Gasteiger partial charge in [0.2, 0.25) is 11.8 Å². The van der Waals surface area contributed by atoms with Crippen molar-refractivity contribution in [3.05, 3.63) is 36.4 Å². The summed E-state index contributed by atoms with van der Waals surface area (Å²) >= 11 is 0. The maximum atomic E-state index is 12.9. The van der Waals surface area contributed by atoms with Gasteiger partial charge in [-0.05, 0) is 55.9 Å². The van der Waals surface area contributed by atoms with Crippen LogP contribution < -0.4 is 15.4 Å². The van der Waals surface area contributed by atoms with Gasteiger partial charge in [-0.15, -0.1) is 0 Å². The van der Waals surface area contributed by atoms with E-state index in [1.54, 1.807) is 38.3 Å². The third-order valence-electron chi connectivity index (χ3n) is 5.87. The van der Waals surface area contributed by atoms with Crippen LogP contribution in [-0.2, 0) is 9.59 Å². The van der Waals surface area contributed by atoms with Crippen molar-refractivity contribution >= 4 is 23.5 Å². The molecule has 2 fully saturated rings. The molecule has 4 aliphatic rings. The first kappa shape index (κ1) is 17.6. The zero-order valence-electron chi connectivity index (χ0n) is 15.3. The van der Waals surface area contributed by atoms with Crippen LogP contribution in [0.25, 0.3) is 0 Å². The molecule has 27 heavy (non-hydrogen) atoms. The maximum Gasteiger partial charge on any atom is 0.320 e. The van der Waals surface area contributed by atoms with Crippen LogP contribution in [0, 0.1) is 23.7 Å². The molecule has 0 radical (unpaired) electrons. The molecule has 1 saturated carbocycles. The monoisotopic (exact) mass is 369 g/mol. The van der Waals surface area contributed by atoms with Gasteiger partial charge in [-0.1, -0.05) is 12.2 Å². The number of amides is 4. The third-order valence-corrected chi connectivity index (χ3v) is 5.87. The van der Waals surface area contributed by atoms with E-state index in [1.165, 1.54) is 4.90 Å². The van der Waals surface area contributed by atoms with Crippen LogP contribution >= 0.6 is 0 Å². The number of likely N-dealkylation sites (tertiary alicyclic amines) is 1. The fraction of sp³-hybridized carbons (Fsp3) is 0.450. The van der Waals surface area contributed by atoms with Gasteiger partial charge in [0.05, 0.1) is 18.9 Å². The van der Waals surface area contributed by atoms with Crippen LogP contribution in [0.4, 0.5) is 10.5 Å². The van der Waals surface area contributed by atoms with Crippen molar-refractivity contribution < 1.29 is 19.1 Å². The summed E-state index contributed by atoms with van der Waals surface area (Å²) in [5.74, 6) is 0.102. The van der Waals surface area contributed by atoms with E-state index >= 15 is 0 Å². The Morgan fingerprint density at radius 3 is 2.11 bits per heavy atom. The number of methoxy groups -OCH3 is 1. The molecule has 0 spiro atoms. The van der Waals surface area contributed by atoms with Gasteiger partial charge in [0, 0.05) is 5.69 Å². The van der Waals surface area contributed by atoms with Crippen molar-refractivity contribution in [2.24, 2.45) is 23.7 Å². The largest absolute Gasteiger partial charge is 0.497 e. The molecule has 7 nitrogen and oxygen atoms in total. The minimum Gasteiger partial charge on any atom is -0.497 e. The van der Waals surface area contributed by atoms with Crippen LogP contribution in [0.5, 0.6) is 5.75 Å². The SMILES string of the molecule is COc1ccc(NC(=O)N[C@H](C)N2C(=O)[C@@H]3[C@@H](C2=O)[C@H]2C=C[C@H]3CC2)cc1. The molecule has 5 atom stereocenters. The van der Waals surface area contributed by atoms with Crippen molar-refractivity contribution in [2.45, 2.75) is 25.9 Å². The Morgan fingerprint density at radius 2 is 1.63 bits per heavy atom. The molecule has 2 bridgehead atoms. The number of rotatable bonds is 4. The van der Waals surface area contributed by atoms with Crippen molar-refractivity contribution in [1.82, 2.24) is 10.2 Å². The number of nitrogens with zero attached hydrogens (tertiary/aromatic N) is 1. The zero-order valence-corrected chi connectivity index (χ0v) is 15.3. The highest BCUT2D eigenvalue weighted by Gasteiger charge is 2.57. The first-order valence-electron chi connectivity index (χ1n) is 9.26. The van der Waals surface area contributed by atoms with Gasteiger partial charge in [-0.3, -0.25) is 14.5 Å². The average Bonchev–Trinajstić information content (AvgIpc) is 2.96. The zero-order chi connectivity index (χ0) is 19.1. The highest BCUT2D eigenvalue weighted by atomic mass is 16.5. The van der Waals surface area contributed by atoms with E-state index in [0.29, 0.717) is 11.4 Å². The van der Waals surface area contributed by atoms with Gasteiger partial charge in [-0.25, -0.2) is 4.79 Å². The Morgan fingerprint density at radius 1 is 1.07 bits per heavy atom. The summed E-state index contributed by atoms with van der Waals surface area (Å²) in [6.07, 6.45) is 5.37. The molecule has 7 heteroatoms. The third kappa shape index (κ3) is 2.97. The topological polar surface area (TPSA) is 87.7 Å². The maximum absolute atomic E-state index is 12.9. The lowest BCUT2D eigenvalue weighted by atomic mass is 9.63. The molecule has 142 valence electrons. The highest BCUT2D eigenvalue weighted by Crippen LogP contribution is 2.49. The molecule has 2 N–H and O–H groups in total. The summed E-state index contributed by atoms with van der Waals surface area (Å²) in [4.78, 5) is 39.3. The van der Waals surface area contributed by atoms with Gasteiger partial charge in [-0.2, -0.15) is 0 Å². The quantitative estimate of drug-likeness (QED) is 0.630. The van der Waals surface area contributed by atoms with Crippen molar-refractivity contribution in [1.29, 1.82) is 0 Å². The molecular weight excluding hydrogens is 346 g/mol. The standard InChI is InChI=1S/C20H23N3O4/c1-11(21-20(26)22-14-7-9-15(27-2)10-8-14)23-18(24)16-12-3-4-13(6-5-12)17(16)19(23)25/h3-4,7-13,16-17H,5-6H2,1-2H3,(H2,21,22,26)/t11-,12-,13-,16-,17-/m0/s1. The van der Waals surface area contributed by atoms with Crippen LogP contribution in [0.1, 0.15) is 19.8 Å². The minimum absolute atomic E-state index is 0.141. The molecule has 4 amide bonds. The number of hydrogen-bond acceptors (Lipinski definition) is 4. The van der Waals surface area contributed by atoms with Crippen LogP contribution in [0.15, 0.2) is 36.4 Å². The fourth-order valence-corrected chi connectivity index (χ4v) is 4.57. The van der Waals surface area contributed by atoms with Crippen molar-refractivity contribution in [3.63, 3.8) is 0 Å². The predicted octanol–water partition coefficient (Wildman–Crippen LogP) is 2.36. The second kappa shape index (κ2) is 6.72. The molecular formula is C20H23N3O4. The molecule has 1 saturated heterocycles. The van der Waals surface area contributed by atoms with Gasteiger partial charge in [0.15, 0.2) is 0 Å². The van der Waals surface area contributed by atoms with Crippen LogP contribution in [0.3, 0.4) is 0 Å². The fourth-order valence-electron chi connectivity index (χ4n) is 4.57. The summed E-state index contributed by atoms with van der Waals surface area (Å²) in [7, 11) is 1.57. The summed E-state index contributed by atoms with van der Waals surface area (Å²) in [5.41, 5.74) is 0.593. The Balaban J connectivity index is 1.42. The smallest absolute Gasteiger partial charge is 0.320 e. The number of urea groups is 1. The first-order chi connectivity index (χ1) is 13.0. The molecule has 1 aliphatic heterocycles. The van der Waals surface area contributed by atoms with E-state index in [0.717, 1.165) is 12.8 Å². The van der Waals surface area contributed by atoms with E-state index in [2.05, 4.69) is 22.8 Å². The van der Waals surface area contributed by atoms with E-state index in [1.807, 2.05) is 0 Å². The number of ether oxygens (including phenoxy) is 1. The molecule has 5 rings (SSSR count). The Labute approximate surface area is 157 Å². The Kier molecular flexibility index (Phi) is 4.37. The minimum atomic E-state index is -0.701. The molecule has 1 aromatic carbocycles. The number of anilines is 1. The van der Waals surface area contributed by atoms with Gasteiger partial charge in [0.1, 0.15) is 11.9 Å². The lowest BCUT2D eigenvalue weighted by molar-refractivity contribution is -0.142. The number of fused-ring (bicyclic) bond motifs is 1. The number of allylic oxidation sites excluding steroid dienone is 2. The second-order valence-corrected chi connectivity index (χ2v) is 7.39. The molecule has 1 aromatic rings. The molecule has 1 heterocycles.